The first kappa shape index (κ1) is 44.9. The molecule has 3 aromatic carbocycles. The Kier molecular flexibility index (Phi) is 16.6. The number of amides is 1. The Balaban J connectivity index is 0.00000196. The zero-order valence-electron chi connectivity index (χ0n) is 30.0. The summed E-state index contributed by atoms with van der Waals surface area (Å²) in [6.45, 7) is 6.32. The molecule has 0 aliphatic carbocycles. The van der Waals surface area contributed by atoms with Gasteiger partial charge < -0.3 is 24.8 Å². The van der Waals surface area contributed by atoms with Crippen molar-refractivity contribution in [2.45, 2.75) is 57.7 Å². The van der Waals surface area contributed by atoms with Crippen LogP contribution in [-0.2, 0) is 29.1 Å². The fourth-order valence-electron chi connectivity index (χ4n) is 7.93. The average Bonchev–Trinajstić information content (AvgIpc) is 3.74. The molecule has 54 heavy (non-hydrogen) atoms. The number of nitrogens with zero attached hydrogens (tertiary/aromatic N) is 4. The van der Waals surface area contributed by atoms with Crippen molar-refractivity contribution >= 4 is 73.1 Å². The number of halogens is 6. The van der Waals surface area contributed by atoms with Crippen LogP contribution in [0.3, 0.4) is 0 Å². The molecule has 7 rings (SSSR count). The van der Waals surface area contributed by atoms with E-state index in [1.54, 1.807) is 6.20 Å². The molecular formula is C39H48Cl4F2N6O3. The summed E-state index contributed by atoms with van der Waals surface area (Å²) in [6.07, 6.45) is 6.48. The second-order valence-corrected chi connectivity index (χ2v) is 14.1. The minimum absolute atomic E-state index is 0. The topological polar surface area (TPSA) is 103 Å². The number of aliphatic carboxylic acids is 1. The summed E-state index contributed by atoms with van der Waals surface area (Å²) in [5, 5.41) is 16.2. The third-order valence-electron chi connectivity index (χ3n) is 10.8. The molecule has 2 fully saturated rings. The van der Waals surface area contributed by atoms with Gasteiger partial charge in [0.05, 0.1) is 18.4 Å². The first-order valence-corrected chi connectivity index (χ1v) is 17.6. The highest BCUT2D eigenvalue weighted by molar-refractivity contribution is 5.92. The van der Waals surface area contributed by atoms with Gasteiger partial charge in [0.25, 0.3) is 0 Å². The molecule has 4 aromatic rings. The van der Waals surface area contributed by atoms with Crippen LogP contribution in [0.1, 0.15) is 53.0 Å². The van der Waals surface area contributed by atoms with Crippen LogP contribution in [0.4, 0.5) is 20.4 Å². The van der Waals surface area contributed by atoms with Crippen molar-refractivity contribution < 1.29 is 23.5 Å². The summed E-state index contributed by atoms with van der Waals surface area (Å²) in [5.74, 6) is -3.21. The molecule has 0 bridgehead atoms. The van der Waals surface area contributed by atoms with Gasteiger partial charge in [0, 0.05) is 68.8 Å². The predicted octanol–water partition coefficient (Wildman–Crippen LogP) is 7.26. The van der Waals surface area contributed by atoms with E-state index in [1.807, 2.05) is 17.7 Å². The number of piperidine rings is 1. The number of carboxylic acid groups (broad SMARTS) is 1. The van der Waals surface area contributed by atoms with Crippen molar-refractivity contribution in [1.29, 1.82) is 0 Å². The van der Waals surface area contributed by atoms with Crippen molar-refractivity contribution in [3.63, 3.8) is 0 Å². The number of aromatic nitrogens is 2. The number of imidazole rings is 1. The van der Waals surface area contributed by atoms with Crippen molar-refractivity contribution in [2.75, 3.05) is 42.9 Å². The second-order valence-electron chi connectivity index (χ2n) is 14.1. The maximum absolute atomic E-state index is 15.2. The van der Waals surface area contributed by atoms with E-state index in [1.165, 1.54) is 23.3 Å². The Morgan fingerprint density at radius 2 is 1.70 bits per heavy atom. The van der Waals surface area contributed by atoms with E-state index < -0.39 is 29.4 Å². The average molecular weight is 829 g/mol. The Morgan fingerprint density at radius 1 is 0.963 bits per heavy atom. The van der Waals surface area contributed by atoms with Gasteiger partial charge in [0.1, 0.15) is 11.6 Å². The summed E-state index contributed by atoms with van der Waals surface area (Å²) in [4.78, 5) is 34.5. The summed E-state index contributed by atoms with van der Waals surface area (Å²) in [5.41, 5.74) is 6.22. The molecule has 3 aliphatic rings. The van der Waals surface area contributed by atoms with Crippen molar-refractivity contribution in [2.24, 2.45) is 11.8 Å². The maximum atomic E-state index is 15.2. The zero-order chi connectivity index (χ0) is 34.8. The Hall–Kier alpha value is -3.45. The Morgan fingerprint density at radius 3 is 2.43 bits per heavy atom. The molecule has 4 heterocycles. The molecule has 294 valence electrons. The lowest BCUT2D eigenvalue weighted by Gasteiger charge is -2.33. The number of hydrogen-bond donors (Lipinski definition) is 3. The quantitative estimate of drug-likeness (QED) is 0.155. The minimum atomic E-state index is -0.741. The SMILES string of the molecule is Cc1ccc(Cn2ccnc2NC(=O)[C@@H]2CN(CC[C@H]3Cc4ccccc4CN3)C[C@H]2c2ccc(F)cc2F)c(N2CCC(C(=O)O)CC2)c1.Cl.Cl.Cl.Cl. The van der Waals surface area contributed by atoms with Crippen molar-refractivity contribution in [1.82, 2.24) is 19.8 Å². The van der Waals surface area contributed by atoms with E-state index in [0.717, 1.165) is 48.8 Å². The number of fused-ring (bicyclic) bond motifs is 1. The molecule has 0 unspecified atom stereocenters. The number of rotatable bonds is 10. The first-order valence-electron chi connectivity index (χ1n) is 17.6. The van der Waals surface area contributed by atoms with Crippen LogP contribution < -0.4 is 15.5 Å². The number of benzene rings is 3. The lowest BCUT2D eigenvalue weighted by molar-refractivity contribution is -0.142. The fourth-order valence-corrected chi connectivity index (χ4v) is 7.93. The lowest BCUT2D eigenvalue weighted by atomic mass is 9.88. The van der Waals surface area contributed by atoms with E-state index in [-0.39, 0.29) is 61.5 Å². The Labute approximate surface area is 339 Å². The molecule has 3 N–H and O–H groups in total. The monoisotopic (exact) mass is 826 g/mol. The van der Waals surface area contributed by atoms with Crippen molar-refractivity contribution in [3.05, 3.63) is 113 Å². The van der Waals surface area contributed by atoms with Gasteiger partial charge in [-0.2, -0.15) is 0 Å². The van der Waals surface area contributed by atoms with Gasteiger partial charge in [-0.1, -0.05) is 42.5 Å². The Bertz CT molecular complexity index is 1880. The van der Waals surface area contributed by atoms with Crippen molar-refractivity contribution in [3.8, 4) is 0 Å². The molecular weight excluding hydrogens is 780 g/mol. The fraction of sp³-hybridized carbons (Fsp3) is 0.410. The summed E-state index contributed by atoms with van der Waals surface area (Å²) < 4.78 is 31.0. The van der Waals surface area contributed by atoms with Gasteiger partial charge in [-0.05, 0) is 79.1 Å². The third-order valence-corrected chi connectivity index (χ3v) is 10.8. The number of hydrogen-bond acceptors (Lipinski definition) is 6. The molecule has 0 saturated carbocycles. The van der Waals surface area contributed by atoms with Crippen LogP contribution in [0.25, 0.3) is 0 Å². The third kappa shape index (κ3) is 10.2. The number of carboxylic acids is 1. The van der Waals surface area contributed by atoms with Crippen LogP contribution in [-0.4, -0.2) is 70.2 Å². The number of aryl methyl sites for hydroxylation is 1. The maximum Gasteiger partial charge on any atom is 0.306 e. The van der Waals surface area contributed by atoms with Gasteiger partial charge in [0.15, 0.2) is 0 Å². The van der Waals surface area contributed by atoms with E-state index in [0.29, 0.717) is 63.1 Å². The molecule has 0 spiro atoms. The van der Waals surface area contributed by atoms with Gasteiger partial charge in [-0.25, -0.2) is 13.8 Å². The largest absolute Gasteiger partial charge is 0.481 e. The van der Waals surface area contributed by atoms with Crippen LogP contribution >= 0.6 is 49.6 Å². The molecule has 3 atom stereocenters. The summed E-state index contributed by atoms with van der Waals surface area (Å²) >= 11 is 0. The minimum Gasteiger partial charge on any atom is -0.481 e. The molecule has 9 nitrogen and oxygen atoms in total. The molecule has 0 radical (unpaired) electrons. The van der Waals surface area contributed by atoms with E-state index >= 15 is 4.39 Å². The normalized spacial score (nSPS) is 19.7. The van der Waals surface area contributed by atoms with Gasteiger partial charge in [-0.3, -0.25) is 14.9 Å². The van der Waals surface area contributed by atoms with Crippen LogP contribution in [0.2, 0.25) is 0 Å². The highest BCUT2D eigenvalue weighted by atomic mass is 35.5. The summed E-state index contributed by atoms with van der Waals surface area (Å²) in [7, 11) is 0. The first-order chi connectivity index (χ1) is 24.2. The number of anilines is 2. The van der Waals surface area contributed by atoms with Gasteiger partial charge in [0.2, 0.25) is 11.9 Å². The molecule has 3 aliphatic heterocycles. The highest BCUT2D eigenvalue weighted by Crippen LogP contribution is 2.36. The lowest BCUT2D eigenvalue weighted by Crippen LogP contribution is -2.38. The molecule has 15 heteroatoms. The number of carbonyl (C=O) groups excluding carboxylic acids is 1. The highest BCUT2D eigenvalue weighted by Gasteiger charge is 2.40. The summed E-state index contributed by atoms with van der Waals surface area (Å²) in [6, 6.07) is 18.7. The van der Waals surface area contributed by atoms with Gasteiger partial charge in [-0.15, -0.1) is 49.6 Å². The van der Waals surface area contributed by atoms with Crippen LogP contribution in [0.5, 0.6) is 0 Å². The second kappa shape index (κ2) is 19.9. The number of carbonyl (C=O) groups is 2. The number of likely N-dealkylation sites (tertiary alicyclic amines) is 1. The van der Waals surface area contributed by atoms with E-state index in [9.17, 15) is 19.1 Å². The molecule has 1 aromatic heterocycles. The van der Waals surface area contributed by atoms with E-state index in [2.05, 4.69) is 67.9 Å². The van der Waals surface area contributed by atoms with Crippen LogP contribution in [0.15, 0.2) is 73.1 Å². The van der Waals surface area contributed by atoms with Gasteiger partial charge >= 0.3 is 5.97 Å². The zero-order valence-corrected chi connectivity index (χ0v) is 33.2. The standard InChI is InChI=1S/C39H44F2N6O3.4ClH/c1-25-6-7-29(36(18-25)46-15-10-26(11-16-46)38(49)50)22-47-17-13-42-39(47)44-37(48)34-24-45(23-33(34)32-9-8-30(40)20-35(32)41)14-12-31-19-27-4-2-3-5-28(27)21-43-31;;;;/h2-9,13,17-18,20,26,31,33-34,43H,10-12,14-16,19,21-24H2,1H3,(H,49,50)(H,42,44,48);4*1H/t31-,33-,34+;;;;/m0..../s1. The molecule has 2 saturated heterocycles. The molecule has 1 amide bonds. The van der Waals surface area contributed by atoms with E-state index in [4.69, 9.17) is 0 Å². The number of nitrogens with one attached hydrogen (secondary N) is 2. The smallest absolute Gasteiger partial charge is 0.306 e. The van der Waals surface area contributed by atoms with Crippen LogP contribution in [0, 0.1) is 30.4 Å². The predicted molar refractivity (Wildman–Crippen MR) is 217 cm³/mol.